The molecule has 2 heterocycles. The van der Waals surface area contributed by atoms with Crippen LogP contribution in [0, 0.1) is 0 Å². The van der Waals surface area contributed by atoms with Crippen molar-refractivity contribution in [3.05, 3.63) is 74.6 Å². The van der Waals surface area contributed by atoms with Gasteiger partial charge in [-0.1, -0.05) is 29.8 Å². The molecule has 2 aromatic carbocycles. The van der Waals surface area contributed by atoms with Crippen LogP contribution in [0.15, 0.2) is 58.5 Å². The molecular weight excluding hydrogens is 500 g/mol. The van der Waals surface area contributed by atoms with Crippen LogP contribution >= 0.6 is 27.5 Å². The number of nitrogens with one attached hydrogen (secondary N) is 1. The van der Waals surface area contributed by atoms with Gasteiger partial charge in [-0.15, -0.1) is 0 Å². The van der Waals surface area contributed by atoms with E-state index in [1.54, 1.807) is 18.7 Å². The second-order valence-corrected chi connectivity index (χ2v) is 8.26. The highest BCUT2D eigenvalue weighted by atomic mass is 79.9. The van der Waals surface area contributed by atoms with E-state index in [2.05, 4.69) is 31.3 Å². The highest BCUT2D eigenvalue weighted by Gasteiger charge is 2.35. The number of methoxy groups -OCH3 is 2. The third-order valence-electron chi connectivity index (χ3n) is 5.10. The predicted octanol–water partition coefficient (Wildman–Crippen LogP) is 4.74. The summed E-state index contributed by atoms with van der Waals surface area (Å²) in [5.41, 5.74) is 2.65. The summed E-state index contributed by atoms with van der Waals surface area (Å²) in [4.78, 5) is 16.9. The minimum atomic E-state index is -0.566. The molecule has 10 heteroatoms. The van der Waals surface area contributed by atoms with Gasteiger partial charge in [0.1, 0.15) is 19.0 Å². The number of carbonyl (C=O) groups is 1. The number of hydrogen-bond acceptors (Lipinski definition) is 7. The van der Waals surface area contributed by atoms with E-state index < -0.39 is 12.0 Å². The number of carbonyl (C=O) groups excluding carboxylic acids is 1. The van der Waals surface area contributed by atoms with Crippen molar-refractivity contribution in [3.8, 4) is 11.5 Å². The third kappa shape index (κ3) is 4.05. The lowest BCUT2D eigenvalue weighted by Gasteiger charge is -2.28. The summed E-state index contributed by atoms with van der Waals surface area (Å²) in [5, 5.41) is 8.02. The van der Waals surface area contributed by atoms with Crippen LogP contribution in [0.3, 0.4) is 0 Å². The smallest absolute Gasteiger partial charge is 0.338 e. The Labute approximate surface area is 198 Å². The molecule has 0 amide bonds. The topological polar surface area (TPSA) is 87.5 Å². The standard InChI is InChI=1S/C22H20BrClN4O4/c1-12-18(21(29)31-3)19(28-22(27-12)25-11-26-28)14-8-15(23)20(17(9-14)30-2)32-10-13-6-4-5-7-16(13)24/h4-9,11,19H,10H2,1-3H3,(H,25,26,27). The highest BCUT2D eigenvalue weighted by Crippen LogP contribution is 2.43. The van der Waals surface area contributed by atoms with Crippen molar-refractivity contribution < 1.29 is 19.0 Å². The van der Waals surface area contributed by atoms with Crippen LogP contribution in [-0.4, -0.2) is 35.0 Å². The maximum Gasteiger partial charge on any atom is 0.338 e. The van der Waals surface area contributed by atoms with Gasteiger partial charge in [-0.25, -0.2) is 9.48 Å². The van der Waals surface area contributed by atoms with Gasteiger partial charge in [0.25, 0.3) is 0 Å². The lowest BCUT2D eigenvalue weighted by Crippen LogP contribution is -2.29. The average molecular weight is 520 g/mol. The number of ether oxygens (including phenoxy) is 3. The van der Waals surface area contributed by atoms with Crippen LogP contribution in [0.4, 0.5) is 5.95 Å². The van der Waals surface area contributed by atoms with E-state index in [0.29, 0.717) is 38.2 Å². The van der Waals surface area contributed by atoms with Gasteiger partial charge in [0.2, 0.25) is 5.95 Å². The summed E-state index contributed by atoms with van der Waals surface area (Å²) in [6.45, 7) is 2.06. The molecule has 0 aliphatic carbocycles. The lowest BCUT2D eigenvalue weighted by molar-refractivity contribution is -0.136. The Balaban J connectivity index is 1.75. The zero-order valence-electron chi connectivity index (χ0n) is 17.6. The van der Waals surface area contributed by atoms with Gasteiger partial charge in [0, 0.05) is 16.3 Å². The van der Waals surface area contributed by atoms with Gasteiger partial charge in [0.15, 0.2) is 11.5 Å². The van der Waals surface area contributed by atoms with E-state index in [4.69, 9.17) is 25.8 Å². The summed E-state index contributed by atoms with van der Waals surface area (Å²) in [5.74, 6) is 1.07. The first-order valence-corrected chi connectivity index (χ1v) is 10.8. The fourth-order valence-electron chi connectivity index (χ4n) is 3.58. The van der Waals surface area contributed by atoms with Crippen molar-refractivity contribution in [3.63, 3.8) is 0 Å². The summed E-state index contributed by atoms with van der Waals surface area (Å²) in [6, 6.07) is 10.6. The minimum Gasteiger partial charge on any atom is -0.493 e. The van der Waals surface area contributed by atoms with Gasteiger partial charge in [-0.3, -0.25) is 0 Å². The van der Waals surface area contributed by atoms with Gasteiger partial charge in [-0.2, -0.15) is 10.1 Å². The molecular formula is C22H20BrClN4O4. The van der Waals surface area contributed by atoms with E-state index in [1.165, 1.54) is 13.4 Å². The van der Waals surface area contributed by atoms with Crippen molar-refractivity contribution in [2.75, 3.05) is 19.5 Å². The molecule has 0 radical (unpaired) electrons. The summed E-state index contributed by atoms with van der Waals surface area (Å²) < 4.78 is 19.0. The summed E-state index contributed by atoms with van der Waals surface area (Å²) in [7, 11) is 2.90. The van der Waals surface area contributed by atoms with Crippen LogP contribution < -0.4 is 14.8 Å². The van der Waals surface area contributed by atoms with E-state index in [1.807, 2.05) is 36.4 Å². The first kappa shape index (κ1) is 22.2. The normalized spacial score (nSPS) is 15.1. The number of halogens is 2. The third-order valence-corrected chi connectivity index (χ3v) is 6.05. The van der Waals surface area contributed by atoms with Gasteiger partial charge >= 0.3 is 5.97 Å². The van der Waals surface area contributed by atoms with E-state index in [-0.39, 0.29) is 6.61 Å². The molecule has 0 spiro atoms. The van der Waals surface area contributed by atoms with Crippen molar-refractivity contribution in [1.82, 2.24) is 14.8 Å². The Bertz CT molecular complexity index is 1210. The van der Waals surface area contributed by atoms with E-state index >= 15 is 0 Å². The molecule has 1 aliphatic heterocycles. The van der Waals surface area contributed by atoms with Gasteiger partial charge in [-0.05, 0) is 46.6 Å². The van der Waals surface area contributed by atoms with Gasteiger partial charge in [0.05, 0.1) is 24.3 Å². The Hall–Kier alpha value is -3.04. The number of benzene rings is 2. The van der Waals surface area contributed by atoms with Crippen LogP contribution in [0.2, 0.25) is 5.02 Å². The molecule has 1 unspecified atom stereocenters. The first-order chi connectivity index (χ1) is 15.4. The molecule has 32 heavy (non-hydrogen) atoms. The number of fused-ring (bicyclic) bond motifs is 1. The molecule has 166 valence electrons. The van der Waals surface area contributed by atoms with Crippen LogP contribution in [0.25, 0.3) is 0 Å². The maximum absolute atomic E-state index is 12.6. The van der Waals surface area contributed by atoms with Crippen molar-refractivity contribution in [1.29, 1.82) is 0 Å². The number of hydrogen-bond donors (Lipinski definition) is 1. The number of nitrogens with zero attached hydrogens (tertiary/aromatic N) is 3. The summed E-state index contributed by atoms with van der Waals surface area (Å²) in [6.07, 6.45) is 1.43. The highest BCUT2D eigenvalue weighted by molar-refractivity contribution is 9.10. The molecule has 3 aromatic rings. The van der Waals surface area contributed by atoms with E-state index in [0.717, 1.165) is 11.1 Å². The maximum atomic E-state index is 12.6. The zero-order valence-corrected chi connectivity index (χ0v) is 19.9. The quantitative estimate of drug-likeness (QED) is 0.471. The van der Waals surface area contributed by atoms with Crippen molar-refractivity contribution in [2.45, 2.75) is 19.6 Å². The molecule has 0 fully saturated rings. The number of anilines is 1. The fourth-order valence-corrected chi connectivity index (χ4v) is 4.34. The Morgan fingerprint density at radius 2 is 2.06 bits per heavy atom. The molecule has 0 saturated heterocycles. The molecule has 0 bridgehead atoms. The Morgan fingerprint density at radius 3 is 2.78 bits per heavy atom. The fraction of sp³-hybridized carbons (Fsp3) is 0.227. The first-order valence-electron chi connectivity index (χ1n) is 9.63. The molecule has 1 N–H and O–H groups in total. The largest absolute Gasteiger partial charge is 0.493 e. The second-order valence-electron chi connectivity index (χ2n) is 7.00. The number of rotatable bonds is 6. The zero-order chi connectivity index (χ0) is 22.8. The van der Waals surface area contributed by atoms with E-state index in [9.17, 15) is 4.79 Å². The number of allylic oxidation sites excluding steroid dienone is 1. The van der Waals surface area contributed by atoms with Crippen molar-refractivity contribution >= 4 is 39.4 Å². The SMILES string of the molecule is COC(=O)C1=C(C)Nc2ncnn2C1c1cc(Br)c(OCc2ccccc2Cl)c(OC)c1. The second kappa shape index (κ2) is 9.22. The molecule has 1 atom stereocenters. The van der Waals surface area contributed by atoms with Crippen molar-refractivity contribution in [2.24, 2.45) is 0 Å². The lowest BCUT2D eigenvalue weighted by atomic mass is 9.95. The molecule has 1 aliphatic rings. The molecule has 0 saturated carbocycles. The molecule has 1 aromatic heterocycles. The minimum absolute atomic E-state index is 0.265. The van der Waals surface area contributed by atoms with Crippen LogP contribution in [-0.2, 0) is 16.1 Å². The summed E-state index contributed by atoms with van der Waals surface area (Å²) >= 11 is 9.83. The number of esters is 1. The predicted molar refractivity (Wildman–Crippen MR) is 123 cm³/mol. The Kier molecular flexibility index (Phi) is 6.38. The average Bonchev–Trinajstić information content (AvgIpc) is 3.25. The molecule has 4 rings (SSSR count). The van der Waals surface area contributed by atoms with Crippen LogP contribution in [0.1, 0.15) is 24.1 Å². The Morgan fingerprint density at radius 1 is 1.28 bits per heavy atom. The van der Waals surface area contributed by atoms with Crippen LogP contribution in [0.5, 0.6) is 11.5 Å². The molecule has 8 nitrogen and oxygen atoms in total. The number of aromatic nitrogens is 3. The monoisotopic (exact) mass is 518 g/mol. The van der Waals surface area contributed by atoms with Gasteiger partial charge < -0.3 is 19.5 Å².